The standard InChI is InChI=1S/C18H30ClN/c1-12(11-18(4,5)6)8-17(20-7)15-9-14(3)16(19)10-13(15)2/h9-10,12,17,20H,8,11H2,1-7H3. The van der Waals surface area contributed by atoms with Crippen LogP contribution in [-0.2, 0) is 0 Å². The highest BCUT2D eigenvalue weighted by Crippen LogP contribution is 2.32. The van der Waals surface area contributed by atoms with Crippen LogP contribution in [0.15, 0.2) is 12.1 Å². The van der Waals surface area contributed by atoms with Crippen molar-refractivity contribution in [3.05, 3.63) is 33.8 Å². The van der Waals surface area contributed by atoms with Crippen molar-refractivity contribution < 1.29 is 0 Å². The summed E-state index contributed by atoms with van der Waals surface area (Å²) >= 11 is 6.21. The van der Waals surface area contributed by atoms with Crippen LogP contribution in [0, 0.1) is 25.2 Å². The maximum Gasteiger partial charge on any atom is 0.0438 e. The number of benzene rings is 1. The molecule has 1 aromatic rings. The van der Waals surface area contributed by atoms with E-state index >= 15 is 0 Å². The summed E-state index contributed by atoms with van der Waals surface area (Å²) in [6, 6.07) is 4.73. The molecule has 1 nitrogen and oxygen atoms in total. The van der Waals surface area contributed by atoms with Gasteiger partial charge >= 0.3 is 0 Å². The van der Waals surface area contributed by atoms with Gasteiger partial charge in [0.05, 0.1) is 0 Å². The van der Waals surface area contributed by atoms with Crippen molar-refractivity contribution in [3.8, 4) is 0 Å². The van der Waals surface area contributed by atoms with E-state index in [1.165, 1.54) is 17.5 Å². The first kappa shape index (κ1) is 17.5. The van der Waals surface area contributed by atoms with Crippen LogP contribution in [-0.4, -0.2) is 7.05 Å². The third-order valence-electron chi connectivity index (χ3n) is 3.87. The second-order valence-corrected chi connectivity index (χ2v) is 7.81. The fourth-order valence-corrected chi connectivity index (χ4v) is 3.33. The second kappa shape index (κ2) is 6.95. The third-order valence-corrected chi connectivity index (χ3v) is 4.28. The number of hydrogen-bond donors (Lipinski definition) is 1. The molecule has 0 saturated carbocycles. The topological polar surface area (TPSA) is 12.0 Å². The molecule has 114 valence electrons. The maximum atomic E-state index is 6.21. The summed E-state index contributed by atoms with van der Waals surface area (Å²) in [5.41, 5.74) is 4.22. The number of hydrogen-bond acceptors (Lipinski definition) is 1. The van der Waals surface area contributed by atoms with Gasteiger partial charge in [0.2, 0.25) is 0 Å². The largest absolute Gasteiger partial charge is 0.313 e. The highest BCUT2D eigenvalue weighted by atomic mass is 35.5. The lowest BCUT2D eigenvalue weighted by molar-refractivity contribution is 0.279. The number of nitrogens with one attached hydrogen (secondary N) is 1. The first-order chi connectivity index (χ1) is 9.14. The van der Waals surface area contributed by atoms with Crippen LogP contribution >= 0.6 is 11.6 Å². The highest BCUT2D eigenvalue weighted by Gasteiger charge is 2.20. The Kier molecular flexibility index (Phi) is 6.09. The lowest BCUT2D eigenvalue weighted by atomic mass is 9.81. The Morgan fingerprint density at radius 2 is 1.75 bits per heavy atom. The van der Waals surface area contributed by atoms with E-state index in [1.54, 1.807) is 0 Å². The zero-order valence-electron chi connectivity index (χ0n) is 14.1. The summed E-state index contributed by atoms with van der Waals surface area (Å²) < 4.78 is 0. The van der Waals surface area contributed by atoms with E-state index in [4.69, 9.17) is 11.6 Å². The van der Waals surface area contributed by atoms with Gasteiger partial charge in [-0.3, -0.25) is 0 Å². The van der Waals surface area contributed by atoms with Crippen LogP contribution in [0.4, 0.5) is 0 Å². The molecular formula is C18H30ClN. The zero-order valence-corrected chi connectivity index (χ0v) is 14.9. The van der Waals surface area contributed by atoms with Gasteiger partial charge in [0.15, 0.2) is 0 Å². The van der Waals surface area contributed by atoms with Gasteiger partial charge in [-0.05, 0) is 67.8 Å². The number of halogens is 1. The van der Waals surface area contributed by atoms with Gasteiger partial charge in [0, 0.05) is 11.1 Å². The fourth-order valence-electron chi connectivity index (χ4n) is 3.11. The molecule has 0 bridgehead atoms. The minimum absolute atomic E-state index is 0.392. The molecule has 1 aromatic carbocycles. The van der Waals surface area contributed by atoms with E-state index in [0.29, 0.717) is 17.4 Å². The molecule has 0 heterocycles. The summed E-state index contributed by atoms with van der Waals surface area (Å²) in [5, 5.41) is 4.34. The number of aryl methyl sites for hydroxylation is 2. The predicted molar refractivity (Wildman–Crippen MR) is 90.6 cm³/mol. The van der Waals surface area contributed by atoms with E-state index in [-0.39, 0.29) is 0 Å². The van der Waals surface area contributed by atoms with E-state index in [2.05, 4.69) is 66.0 Å². The molecule has 0 spiro atoms. The molecule has 0 aromatic heterocycles. The van der Waals surface area contributed by atoms with Gasteiger partial charge in [-0.1, -0.05) is 45.4 Å². The van der Waals surface area contributed by atoms with Crippen LogP contribution in [0.2, 0.25) is 5.02 Å². The van der Waals surface area contributed by atoms with Gasteiger partial charge in [0.25, 0.3) is 0 Å². The Hall–Kier alpha value is -0.530. The van der Waals surface area contributed by atoms with Crippen LogP contribution in [0.1, 0.15) is 63.3 Å². The molecule has 1 rings (SSSR count). The minimum Gasteiger partial charge on any atom is -0.313 e. The van der Waals surface area contributed by atoms with E-state index < -0.39 is 0 Å². The van der Waals surface area contributed by atoms with E-state index in [0.717, 1.165) is 17.0 Å². The molecule has 20 heavy (non-hydrogen) atoms. The smallest absolute Gasteiger partial charge is 0.0438 e. The summed E-state index contributed by atoms with van der Waals surface area (Å²) in [7, 11) is 2.05. The molecule has 0 aliphatic heterocycles. The lowest BCUT2D eigenvalue weighted by Gasteiger charge is -2.28. The summed E-state index contributed by atoms with van der Waals surface area (Å²) in [6.45, 7) is 13.5. The highest BCUT2D eigenvalue weighted by molar-refractivity contribution is 6.31. The van der Waals surface area contributed by atoms with Gasteiger partial charge in [0.1, 0.15) is 0 Å². The fraction of sp³-hybridized carbons (Fsp3) is 0.667. The molecule has 2 heteroatoms. The van der Waals surface area contributed by atoms with Crippen molar-refractivity contribution in [2.24, 2.45) is 11.3 Å². The Morgan fingerprint density at radius 3 is 2.25 bits per heavy atom. The number of rotatable bonds is 5. The quantitative estimate of drug-likeness (QED) is 0.737. The van der Waals surface area contributed by atoms with Crippen molar-refractivity contribution in [1.82, 2.24) is 5.32 Å². The molecular weight excluding hydrogens is 266 g/mol. The van der Waals surface area contributed by atoms with Gasteiger partial charge in [-0.15, -0.1) is 0 Å². The SMILES string of the molecule is CNC(CC(C)CC(C)(C)C)c1cc(C)c(Cl)cc1C. The first-order valence-electron chi connectivity index (χ1n) is 7.58. The molecule has 2 unspecified atom stereocenters. The lowest BCUT2D eigenvalue weighted by Crippen LogP contribution is -2.22. The average Bonchev–Trinajstić information content (AvgIpc) is 2.29. The molecule has 1 N–H and O–H groups in total. The van der Waals surface area contributed by atoms with Crippen molar-refractivity contribution in [1.29, 1.82) is 0 Å². The van der Waals surface area contributed by atoms with Crippen LogP contribution in [0.5, 0.6) is 0 Å². The maximum absolute atomic E-state index is 6.21. The van der Waals surface area contributed by atoms with Crippen molar-refractivity contribution in [3.63, 3.8) is 0 Å². The molecule has 0 fully saturated rings. The average molecular weight is 296 g/mol. The van der Waals surface area contributed by atoms with Gasteiger partial charge in [-0.2, -0.15) is 0 Å². The van der Waals surface area contributed by atoms with Gasteiger partial charge < -0.3 is 5.32 Å². The van der Waals surface area contributed by atoms with E-state index in [1.807, 2.05) is 0 Å². The van der Waals surface area contributed by atoms with Gasteiger partial charge in [-0.25, -0.2) is 0 Å². The third kappa shape index (κ3) is 5.10. The molecule has 0 aliphatic rings. The van der Waals surface area contributed by atoms with E-state index in [9.17, 15) is 0 Å². The summed E-state index contributed by atoms with van der Waals surface area (Å²) in [5.74, 6) is 0.697. The Labute approximate surface area is 130 Å². The molecule has 0 aliphatic carbocycles. The molecule has 0 amide bonds. The molecule has 0 saturated heterocycles. The Balaban J connectivity index is 2.89. The minimum atomic E-state index is 0.392. The first-order valence-corrected chi connectivity index (χ1v) is 7.95. The van der Waals surface area contributed by atoms with Crippen molar-refractivity contribution >= 4 is 11.6 Å². The summed E-state index contributed by atoms with van der Waals surface area (Å²) in [4.78, 5) is 0. The summed E-state index contributed by atoms with van der Waals surface area (Å²) in [6.07, 6.45) is 2.41. The van der Waals surface area contributed by atoms with Crippen molar-refractivity contribution in [2.45, 2.75) is 60.4 Å². The normalized spacial score (nSPS) is 15.2. The zero-order chi connectivity index (χ0) is 15.5. The predicted octanol–water partition coefficient (Wildman–Crippen LogP) is 5.68. The van der Waals surface area contributed by atoms with Crippen molar-refractivity contribution in [2.75, 3.05) is 7.05 Å². The molecule has 2 atom stereocenters. The monoisotopic (exact) mass is 295 g/mol. The Bertz CT molecular complexity index is 445. The van der Waals surface area contributed by atoms with Crippen LogP contribution < -0.4 is 5.32 Å². The van der Waals surface area contributed by atoms with Crippen LogP contribution in [0.25, 0.3) is 0 Å². The Morgan fingerprint density at radius 1 is 1.15 bits per heavy atom. The molecule has 0 radical (unpaired) electrons. The van der Waals surface area contributed by atoms with Crippen LogP contribution in [0.3, 0.4) is 0 Å². The second-order valence-electron chi connectivity index (χ2n) is 7.40.